The first-order chi connectivity index (χ1) is 15.8. The van der Waals surface area contributed by atoms with Crippen molar-refractivity contribution in [1.82, 2.24) is 5.32 Å². The molecule has 2 aromatic carbocycles. The maximum atomic E-state index is 12.4. The van der Waals surface area contributed by atoms with Gasteiger partial charge in [-0.05, 0) is 44.0 Å². The van der Waals surface area contributed by atoms with Gasteiger partial charge in [-0.25, -0.2) is 0 Å². The molecule has 0 unspecified atom stereocenters. The number of rotatable bonds is 8. The first kappa shape index (κ1) is 24.1. The van der Waals surface area contributed by atoms with Crippen LogP contribution in [0.1, 0.15) is 30.9 Å². The predicted molar refractivity (Wildman–Crippen MR) is 127 cm³/mol. The molecule has 2 aromatic rings. The van der Waals surface area contributed by atoms with E-state index < -0.39 is 5.92 Å². The van der Waals surface area contributed by atoms with Crippen LogP contribution >= 0.6 is 15.9 Å². The van der Waals surface area contributed by atoms with Gasteiger partial charge in [0.2, 0.25) is 5.88 Å². The lowest BCUT2D eigenvalue weighted by molar-refractivity contribution is -0.123. The van der Waals surface area contributed by atoms with E-state index in [1.165, 1.54) is 6.92 Å². The van der Waals surface area contributed by atoms with Gasteiger partial charge in [-0.3, -0.25) is 9.59 Å². The van der Waals surface area contributed by atoms with Crippen molar-refractivity contribution in [2.75, 3.05) is 13.2 Å². The quantitative estimate of drug-likeness (QED) is 0.558. The number of nitrogens with two attached hydrogens (primary N) is 1. The normalized spacial score (nSPS) is 15.5. The fourth-order valence-corrected chi connectivity index (χ4v) is 4.09. The van der Waals surface area contributed by atoms with Crippen molar-refractivity contribution < 1.29 is 19.1 Å². The van der Waals surface area contributed by atoms with E-state index >= 15 is 0 Å². The van der Waals surface area contributed by atoms with Crippen molar-refractivity contribution in [3.05, 3.63) is 86.9 Å². The summed E-state index contributed by atoms with van der Waals surface area (Å²) in [6.45, 7) is 3.30. The number of ether oxygens (including phenoxy) is 2. The lowest BCUT2D eigenvalue weighted by Crippen LogP contribution is -2.31. The Morgan fingerprint density at radius 3 is 2.64 bits per heavy atom. The topological polar surface area (TPSA) is 114 Å². The van der Waals surface area contributed by atoms with Crippen molar-refractivity contribution in [2.45, 2.75) is 26.2 Å². The molecule has 3 N–H and O–H groups in total. The average molecular weight is 510 g/mol. The van der Waals surface area contributed by atoms with E-state index in [9.17, 15) is 14.9 Å². The van der Waals surface area contributed by atoms with Gasteiger partial charge < -0.3 is 20.5 Å². The highest BCUT2D eigenvalue weighted by atomic mass is 79.9. The number of Topliss-reactive ketones (excluding diaryl/α,β-unsaturated/α-hetero) is 1. The second-order valence-electron chi connectivity index (χ2n) is 7.51. The van der Waals surface area contributed by atoms with Gasteiger partial charge in [-0.2, -0.15) is 5.26 Å². The number of amides is 1. The molecule has 3 rings (SSSR count). The molecule has 0 radical (unpaired) electrons. The van der Waals surface area contributed by atoms with Crippen molar-refractivity contribution in [3.63, 3.8) is 0 Å². The fraction of sp³-hybridized carbons (Fsp3) is 0.240. The summed E-state index contributed by atoms with van der Waals surface area (Å²) in [4.78, 5) is 24.8. The zero-order valence-corrected chi connectivity index (χ0v) is 19.9. The van der Waals surface area contributed by atoms with E-state index in [0.717, 1.165) is 10.0 Å². The van der Waals surface area contributed by atoms with Crippen LogP contribution in [0.2, 0.25) is 0 Å². The number of nitrogens with one attached hydrogen (secondary N) is 1. The molecule has 0 fully saturated rings. The minimum absolute atomic E-state index is 0.0606. The Hall–Kier alpha value is -3.57. The molecule has 0 aromatic heterocycles. The first-order valence-corrected chi connectivity index (χ1v) is 11.1. The number of nitrogens with zero attached hydrogens (tertiary/aromatic N) is 1. The maximum Gasteiger partial charge on any atom is 0.257 e. The summed E-state index contributed by atoms with van der Waals surface area (Å²) in [5, 5.41) is 12.6. The van der Waals surface area contributed by atoms with Gasteiger partial charge >= 0.3 is 0 Å². The number of hydrogen-bond acceptors (Lipinski definition) is 6. The van der Waals surface area contributed by atoms with Crippen LogP contribution in [0.25, 0.3) is 0 Å². The highest BCUT2D eigenvalue weighted by Crippen LogP contribution is 2.43. The number of ketones is 1. The van der Waals surface area contributed by atoms with Gasteiger partial charge in [0.05, 0.1) is 5.92 Å². The van der Waals surface area contributed by atoms with Crippen LogP contribution in [0.5, 0.6) is 5.75 Å². The van der Waals surface area contributed by atoms with Gasteiger partial charge in [0.1, 0.15) is 23.2 Å². The molecule has 0 spiro atoms. The summed E-state index contributed by atoms with van der Waals surface area (Å²) in [6.07, 6.45) is 0.708. The largest absolute Gasteiger partial charge is 0.483 e. The van der Waals surface area contributed by atoms with Crippen LogP contribution < -0.4 is 15.8 Å². The molecule has 33 heavy (non-hydrogen) atoms. The molecule has 1 aliphatic rings. The third-order valence-corrected chi connectivity index (χ3v) is 5.70. The molecule has 1 amide bonds. The van der Waals surface area contributed by atoms with E-state index in [0.29, 0.717) is 35.6 Å². The number of halogens is 1. The summed E-state index contributed by atoms with van der Waals surface area (Å²) < 4.78 is 12.0. The van der Waals surface area contributed by atoms with Crippen LogP contribution in [0, 0.1) is 11.3 Å². The van der Waals surface area contributed by atoms with Gasteiger partial charge in [0, 0.05) is 22.2 Å². The van der Waals surface area contributed by atoms with Crippen LogP contribution in [0.4, 0.5) is 0 Å². The highest BCUT2D eigenvalue weighted by Gasteiger charge is 2.35. The Balaban J connectivity index is 1.80. The van der Waals surface area contributed by atoms with Crippen LogP contribution in [-0.2, 0) is 20.7 Å². The standard InChI is InChI=1S/C25H24BrN3O4/c1-15(30)23-16(2)33-25(28)20(13-27)24(23)19-12-18(26)8-9-21(19)32-14-22(31)29-11-10-17-6-4-3-5-7-17/h3-9,12,24H,10-11,14,28H2,1-2H3,(H,29,31)/t24-/m0/s1. The molecular formula is C25H24BrN3O4. The van der Waals surface area contributed by atoms with E-state index in [2.05, 4.69) is 27.3 Å². The monoisotopic (exact) mass is 509 g/mol. The number of carbonyl (C=O) groups excluding carboxylic acids is 2. The van der Waals surface area contributed by atoms with E-state index in [-0.39, 0.29) is 29.8 Å². The number of nitriles is 1. The minimum atomic E-state index is -0.769. The van der Waals surface area contributed by atoms with Gasteiger partial charge in [0.15, 0.2) is 12.4 Å². The van der Waals surface area contributed by atoms with Crippen molar-refractivity contribution in [2.24, 2.45) is 5.73 Å². The zero-order chi connectivity index (χ0) is 24.0. The maximum absolute atomic E-state index is 12.4. The molecule has 8 heteroatoms. The Kier molecular flexibility index (Phi) is 7.91. The molecule has 1 aliphatic heterocycles. The lowest BCUT2D eigenvalue weighted by atomic mass is 9.81. The molecule has 0 saturated heterocycles. The summed E-state index contributed by atoms with van der Waals surface area (Å²) in [6, 6.07) is 17.1. The Morgan fingerprint density at radius 1 is 1.24 bits per heavy atom. The molecule has 170 valence electrons. The summed E-state index contributed by atoms with van der Waals surface area (Å²) in [5.41, 5.74) is 8.05. The van der Waals surface area contributed by atoms with Gasteiger partial charge in [-0.15, -0.1) is 0 Å². The fourth-order valence-electron chi connectivity index (χ4n) is 3.71. The average Bonchev–Trinajstić information content (AvgIpc) is 2.78. The SMILES string of the molecule is CC(=O)C1=C(C)OC(N)=C(C#N)[C@@H]1c1cc(Br)ccc1OCC(=O)NCCc1ccccc1. The second-order valence-corrected chi connectivity index (χ2v) is 8.42. The smallest absolute Gasteiger partial charge is 0.257 e. The summed E-state index contributed by atoms with van der Waals surface area (Å²) in [5.74, 6) is -0.656. The Labute approximate surface area is 201 Å². The number of allylic oxidation sites excluding steroid dienone is 3. The van der Waals surface area contributed by atoms with Crippen molar-refractivity contribution in [1.29, 1.82) is 5.26 Å². The third-order valence-electron chi connectivity index (χ3n) is 5.21. The van der Waals surface area contributed by atoms with Crippen LogP contribution in [0.3, 0.4) is 0 Å². The molecule has 7 nitrogen and oxygen atoms in total. The highest BCUT2D eigenvalue weighted by molar-refractivity contribution is 9.10. The molecule has 0 saturated carbocycles. The second kappa shape index (κ2) is 10.8. The summed E-state index contributed by atoms with van der Waals surface area (Å²) in [7, 11) is 0. The zero-order valence-electron chi connectivity index (χ0n) is 18.4. The van der Waals surface area contributed by atoms with E-state index in [1.807, 2.05) is 30.3 Å². The molecule has 1 heterocycles. The number of hydrogen-bond donors (Lipinski definition) is 2. The molecule has 0 aliphatic carbocycles. The Morgan fingerprint density at radius 2 is 1.97 bits per heavy atom. The van der Waals surface area contributed by atoms with Crippen LogP contribution in [-0.4, -0.2) is 24.8 Å². The van der Waals surface area contributed by atoms with Crippen LogP contribution in [0.15, 0.2) is 75.8 Å². The number of benzene rings is 2. The van der Waals surface area contributed by atoms with E-state index in [1.54, 1.807) is 25.1 Å². The minimum Gasteiger partial charge on any atom is -0.483 e. The summed E-state index contributed by atoms with van der Waals surface area (Å²) >= 11 is 3.43. The number of carbonyl (C=O) groups is 2. The molecule has 0 bridgehead atoms. The van der Waals surface area contributed by atoms with Gasteiger partial charge in [-0.1, -0.05) is 46.3 Å². The molecule has 1 atom stereocenters. The molecular weight excluding hydrogens is 486 g/mol. The predicted octanol–water partition coefficient (Wildman–Crippen LogP) is 3.86. The Bertz CT molecular complexity index is 1170. The van der Waals surface area contributed by atoms with Gasteiger partial charge in [0.25, 0.3) is 5.91 Å². The third kappa shape index (κ3) is 5.82. The lowest BCUT2D eigenvalue weighted by Gasteiger charge is -2.28. The van der Waals surface area contributed by atoms with Crippen molar-refractivity contribution >= 4 is 27.6 Å². The first-order valence-electron chi connectivity index (χ1n) is 10.3. The van der Waals surface area contributed by atoms with E-state index in [4.69, 9.17) is 15.2 Å². The van der Waals surface area contributed by atoms with Crippen molar-refractivity contribution in [3.8, 4) is 11.8 Å².